The lowest BCUT2D eigenvalue weighted by atomic mass is 10.0. The highest BCUT2D eigenvalue weighted by molar-refractivity contribution is 7.16. The molecule has 1 aromatic heterocycles. The van der Waals surface area contributed by atoms with Crippen molar-refractivity contribution < 1.29 is 9.53 Å². The Bertz CT molecular complexity index is 443. The number of thiazole rings is 1. The van der Waals surface area contributed by atoms with Crippen molar-refractivity contribution in [3.63, 3.8) is 0 Å². The van der Waals surface area contributed by atoms with E-state index >= 15 is 0 Å². The second kappa shape index (κ2) is 6.48. The van der Waals surface area contributed by atoms with Crippen LogP contribution in [-0.2, 0) is 11.2 Å². The average molecular weight is 282 g/mol. The number of anilines is 1. The molecule has 0 N–H and O–H groups in total. The number of ether oxygens (including phenoxy) is 1. The Labute approximate surface area is 118 Å². The first-order valence-electron chi connectivity index (χ1n) is 6.88. The summed E-state index contributed by atoms with van der Waals surface area (Å²) in [5, 5.41) is 0.978. The third-order valence-electron chi connectivity index (χ3n) is 3.18. The molecule has 2 rings (SSSR count). The summed E-state index contributed by atoms with van der Waals surface area (Å²) in [5.74, 6) is 0.772. The fourth-order valence-corrected chi connectivity index (χ4v) is 3.45. The molecule has 0 amide bonds. The molecule has 1 aliphatic carbocycles. The van der Waals surface area contributed by atoms with Gasteiger partial charge in [0.25, 0.3) is 0 Å². The number of ketones is 1. The first-order valence-corrected chi connectivity index (χ1v) is 7.70. The summed E-state index contributed by atoms with van der Waals surface area (Å²) in [4.78, 5) is 19.8. The van der Waals surface area contributed by atoms with E-state index in [0.717, 1.165) is 41.6 Å². The number of hydrogen-bond donors (Lipinski definition) is 0. The van der Waals surface area contributed by atoms with Crippen LogP contribution in [0.4, 0.5) is 5.13 Å². The van der Waals surface area contributed by atoms with Crippen LogP contribution in [0.1, 0.15) is 42.1 Å². The minimum Gasteiger partial charge on any atom is -0.383 e. The molecule has 1 aromatic rings. The fraction of sp³-hybridized carbons (Fsp3) is 0.714. The molecule has 19 heavy (non-hydrogen) atoms. The molecular formula is C14H22N2O2S. The van der Waals surface area contributed by atoms with Gasteiger partial charge in [0.15, 0.2) is 10.9 Å². The van der Waals surface area contributed by atoms with Crippen molar-refractivity contribution in [2.45, 2.75) is 33.1 Å². The number of nitrogens with zero attached hydrogens (tertiary/aromatic N) is 2. The Morgan fingerprint density at radius 1 is 1.42 bits per heavy atom. The Morgan fingerprint density at radius 3 is 2.84 bits per heavy atom. The van der Waals surface area contributed by atoms with Gasteiger partial charge in [0.2, 0.25) is 0 Å². The SMILES string of the molecule is COCCN(CC(C)C)c1nc2c(s1)CCCC2=O. The molecule has 0 bridgehead atoms. The lowest BCUT2D eigenvalue weighted by Gasteiger charge is -2.23. The number of aryl methyl sites for hydroxylation is 1. The van der Waals surface area contributed by atoms with Gasteiger partial charge in [-0.3, -0.25) is 4.79 Å². The maximum absolute atomic E-state index is 11.9. The molecule has 0 saturated carbocycles. The highest BCUT2D eigenvalue weighted by Gasteiger charge is 2.24. The summed E-state index contributed by atoms with van der Waals surface area (Å²) in [7, 11) is 1.71. The number of rotatable bonds is 6. The van der Waals surface area contributed by atoms with Crippen LogP contribution < -0.4 is 4.90 Å². The van der Waals surface area contributed by atoms with Gasteiger partial charge >= 0.3 is 0 Å². The molecule has 0 radical (unpaired) electrons. The largest absolute Gasteiger partial charge is 0.383 e. The third kappa shape index (κ3) is 3.54. The summed E-state index contributed by atoms with van der Waals surface area (Å²) in [6.45, 7) is 6.85. The molecule has 4 nitrogen and oxygen atoms in total. The van der Waals surface area contributed by atoms with Crippen LogP contribution in [0, 0.1) is 5.92 Å². The molecule has 0 saturated heterocycles. The van der Waals surface area contributed by atoms with Crippen molar-refractivity contribution in [2.75, 3.05) is 31.7 Å². The summed E-state index contributed by atoms with van der Waals surface area (Å²) in [5.41, 5.74) is 0.720. The number of hydrogen-bond acceptors (Lipinski definition) is 5. The van der Waals surface area contributed by atoms with Crippen molar-refractivity contribution in [3.05, 3.63) is 10.6 Å². The van der Waals surface area contributed by atoms with Crippen molar-refractivity contribution in [3.8, 4) is 0 Å². The minimum atomic E-state index is 0.208. The number of carbonyl (C=O) groups is 1. The van der Waals surface area contributed by atoms with Gasteiger partial charge in [-0.05, 0) is 18.8 Å². The lowest BCUT2D eigenvalue weighted by Crippen LogP contribution is -2.30. The number of Topliss-reactive ketones (excluding diaryl/α,β-unsaturated/α-hetero) is 1. The fourth-order valence-electron chi connectivity index (χ4n) is 2.30. The summed E-state index contributed by atoms with van der Waals surface area (Å²) in [6.07, 6.45) is 2.62. The van der Waals surface area contributed by atoms with E-state index in [1.165, 1.54) is 0 Å². The van der Waals surface area contributed by atoms with Crippen molar-refractivity contribution >= 4 is 22.3 Å². The van der Waals surface area contributed by atoms with Crippen LogP contribution in [-0.4, -0.2) is 37.6 Å². The maximum atomic E-state index is 11.9. The Balaban J connectivity index is 2.18. The smallest absolute Gasteiger partial charge is 0.186 e. The predicted molar refractivity (Wildman–Crippen MR) is 78.3 cm³/mol. The zero-order valence-corrected chi connectivity index (χ0v) is 12.8. The molecule has 106 valence electrons. The second-order valence-corrected chi connectivity index (χ2v) is 6.44. The maximum Gasteiger partial charge on any atom is 0.186 e. The molecule has 5 heteroatoms. The topological polar surface area (TPSA) is 42.4 Å². The molecule has 0 unspecified atom stereocenters. The van der Waals surface area contributed by atoms with E-state index < -0.39 is 0 Å². The van der Waals surface area contributed by atoms with E-state index in [1.54, 1.807) is 18.4 Å². The molecule has 1 heterocycles. The standard InChI is InChI=1S/C14H22N2O2S/c1-10(2)9-16(7-8-18-3)14-15-13-11(17)5-4-6-12(13)19-14/h10H,4-9H2,1-3H3. The van der Waals surface area contributed by atoms with Crippen LogP contribution in [0.3, 0.4) is 0 Å². The van der Waals surface area contributed by atoms with Gasteiger partial charge < -0.3 is 9.64 Å². The van der Waals surface area contributed by atoms with E-state index in [0.29, 0.717) is 18.9 Å². The number of methoxy groups -OCH3 is 1. The van der Waals surface area contributed by atoms with Crippen LogP contribution in [0.25, 0.3) is 0 Å². The van der Waals surface area contributed by atoms with Gasteiger partial charge in [0.1, 0.15) is 5.69 Å². The van der Waals surface area contributed by atoms with Crippen LogP contribution in [0.15, 0.2) is 0 Å². The zero-order chi connectivity index (χ0) is 13.8. The van der Waals surface area contributed by atoms with E-state index in [9.17, 15) is 4.79 Å². The molecule has 0 aliphatic heterocycles. The van der Waals surface area contributed by atoms with Crippen LogP contribution in [0.5, 0.6) is 0 Å². The summed E-state index contributed by atoms with van der Waals surface area (Å²) in [6, 6.07) is 0. The highest BCUT2D eigenvalue weighted by atomic mass is 32.1. The van der Waals surface area contributed by atoms with Crippen LogP contribution >= 0.6 is 11.3 Å². The van der Waals surface area contributed by atoms with Gasteiger partial charge in [0, 0.05) is 31.5 Å². The van der Waals surface area contributed by atoms with E-state index in [-0.39, 0.29) is 5.78 Å². The third-order valence-corrected chi connectivity index (χ3v) is 4.36. The van der Waals surface area contributed by atoms with E-state index in [2.05, 4.69) is 23.7 Å². The van der Waals surface area contributed by atoms with Crippen molar-refractivity contribution in [2.24, 2.45) is 5.92 Å². The van der Waals surface area contributed by atoms with Crippen LogP contribution in [0.2, 0.25) is 0 Å². The van der Waals surface area contributed by atoms with E-state index in [4.69, 9.17) is 4.74 Å². The monoisotopic (exact) mass is 282 g/mol. The number of carbonyl (C=O) groups excluding carboxylic acids is 1. The normalized spacial score (nSPS) is 14.8. The Kier molecular flexibility index (Phi) is 4.93. The summed E-state index contributed by atoms with van der Waals surface area (Å²) >= 11 is 1.68. The van der Waals surface area contributed by atoms with Gasteiger partial charge in [-0.1, -0.05) is 13.8 Å². The first kappa shape index (κ1) is 14.5. The second-order valence-electron chi connectivity index (χ2n) is 5.38. The van der Waals surface area contributed by atoms with Gasteiger partial charge in [-0.25, -0.2) is 4.98 Å². The minimum absolute atomic E-state index is 0.208. The summed E-state index contributed by atoms with van der Waals surface area (Å²) < 4.78 is 5.17. The van der Waals surface area contributed by atoms with Crippen molar-refractivity contribution in [1.29, 1.82) is 0 Å². The quantitative estimate of drug-likeness (QED) is 0.804. The lowest BCUT2D eigenvalue weighted by molar-refractivity contribution is 0.0968. The number of fused-ring (bicyclic) bond motifs is 1. The molecule has 0 fully saturated rings. The van der Waals surface area contributed by atoms with Gasteiger partial charge in [-0.15, -0.1) is 11.3 Å². The predicted octanol–water partition coefficient (Wildman–Crippen LogP) is 2.77. The van der Waals surface area contributed by atoms with Crippen molar-refractivity contribution in [1.82, 2.24) is 4.98 Å². The molecule has 0 spiro atoms. The zero-order valence-electron chi connectivity index (χ0n) is 11.9. The first-order chi connectivity index (χ1) is 9.11. The molecule has 0 atom stereocenters. The Hall–Kier alpha value is -0.940. The van der Waals surface area contributed by atoms with Gasteiger partial charge in [0.05, 0.1) is 6.61 Å². The highest BCUT2D eigenvalue weighted by Crippen LogP contribution is 2.32. The Morgan fingerprint density at radius 2 is 2.21 bits per heavy atom. The average Bonchev–Trinajstić information content (AvgIpc) is 2.79. The molecular weight excluding hydrogens is 260 g/mol. The number of aromatic nitrogens is 1. The molecule has 0 aromatic carbocycles. The van der Waals surface area contributed by atoms with Gasteiger partial charge in [-0.2, -0.15) is 0 Å². The molecule has 1 aliphatic rings. The van der Waals surface area contributed by atoms with E-state index in [1.807, 2.05) is 0 Å².